The Morgan fingerprint density at radius 1 is 1.44 bits per heavy atom. The van der Waals surface area contributed by atoms with Crippen LogP contribution in [0.15, 0.2) is 0 Å². The second kappa shape index (κ2) is 7.19. The van der Waals surface area contributed by atoms with Gasteiger partial charge in [-0.1, -0.05) is 11.5 Å². The molecule has 1 fully saturated rings. The average Bonchev–Trinajstić information content (AvgIpc) is 2.33. The van der Waals surface area contributed by atoms with Crippen LogP contribution in [0.2, 0.25) is 0 Å². The van der Waals surface area contributed by atoms with E-state index in [1.165, 1.54) is 0 Å². The summed E-state index contributed by atoms with van der Waals surface area (Å²) in [5.41, 5.74) is 0. The SMILES string of the molecule is O=C(OCC1CCCC(O)C1)C(F)(F)SOOO. The second-order valence-electron chi connectivity index (χ2n) is 4.03. The lowest BCUT2D eigenvalue weighted by atomic mass is 9.88. The molecule has 1 aliphatic rings. The normalized spacial score (nSPS) is 24.9. The van der Waals surface area contributed by atoms with E-state index in [-0.39, 0.29) is 12.5 Å². The molecule has 2 unspecified atom stereocenters. The fraction of sp³-hybridized carbons (Fsp3) is 0.889. The molecule has 18 heavy (non-hydrogen) atoms. The third kappa shape index (κ3) is 5.02. The van der Waals surface area contributed by atoms with Gasteiger partial charge in [-0.25, -0.2) is 10.1 Å². The first kappa shape index (κ1) is 15.6. The Bertz CT molecular complexity index is 278. The molecule has 0 saturated heterocycles. The predicted octanol–water partition coefficient (Wildman–Crippen LogP) is 1.74. The quantitative estimate of drug-likeness (QED) is 0.333. The summed E-state index contributed by atoms with van der Waals surface area (Å²) in [5.74, 6) is -1.89. The topological polar surface area (TPSA) is 85.2 Å². The van der Waals surface area contributed by atoms with Crippen LogP contribution < -0.4 is 0 Å². The molecule has 0 aromatic rings. The van der Waals surface area contributed by atoms with Crippen LogP contribution >= 0.6 is 12.0 Å². The zero-order valence-corrected chi connectivity index (χ0v) is 10.2. The van der Waals surface area contributed by atoms with Crippen LogP contribution in [0.3, 0.4) is 0 Å². The van der Waals surface area contributed by atoms with Crippen LogP contribution in [0.1, 0.15) is 25.7 Å². The van der Waals surface area contributed by atoms with E-state index in [2.05, 4.69) is 14.1 Å². The maximum absolute atomic E-state index is 13.0. The van der Waals surface area contributed by atoms with Gasteiger partial charge in [-0.2, -0.15) is 8.78 Å². The molecule has 6 nitrogen and oxygen atoms in total. The number of carbonyl (C=O) groups excluding carboxylic acids is 1. The standard InChI is InChI=1S/C9H14F2O6S/c10-9(11,18-17-16-14)8(13)15-5-6-2-1-3-7(12)4-6/h6-7,12,14H,1-5H2. The molecule has 0 radical (unpaired) electrons. The van der Waals surface area contributed by atoms with Gasteiger partial charge in [0, 0.05) is 0 Å². The lowest BCUT2D eigenvalue weighted by molar-refractivity contribution is -0.433. The Morgan fingerprint density at radius 2 is 2.17 bits per heavy atom. The van der Waals surface area contributed by atoms with Crippen molar-refractivity contribution in [3.8, 4) is 0 Å². The summed E-state index contributed by atoms with van der Waals surface area (Å²) in [5, 5.41) is 16.1. The number of hydrogen-bond donors (Lipinski definition) is 2. The van der Waals surface area contributed by atoms with E-state index < -0.39 is 29.4 Å². The number of aliphatic hydroxyl groups excluding tert-OH is 1. The van der Waals surface area contributed by atoms with E-state index in [1.54, 1.807) is 0 Å². The molecule has 0 amide bonds. The lowest BCUT2D eigenvalue weighted by Gasteiger charge is -2.25. The first-order chi connectivity index (χ1) is 8.45. The van der Waals surface area contributed by atoms with Crippen LogP contribution in [0.25, 0.3) is 0 Å². The Morgan fingerprint density at radius 3 is 2.78 bits per heavy atom. The van der Waals surface area contributed by atoms with Gasteiger partial charge in [0.05, 0.1) is 12.7 Å². The van der Waals surface area contributed by atoms with Crippen molar-refractivity contribution in [1.29, 1.82) is 0 Å². The molecule has 0 aromatic carbocycles. The van der Waals surface area contributed by atoms with Gasteiger partial charge in [-0.05, 0) is 25.2 Å². The van der Waals surface area contributed by atoms with E-state index in [9.17, 15) is 18.7 Å². The number of carbonyl (C=O) groups is 1. The van der Waals surface area contributed by atoms with Gasteiger partial charge in [-0.15, -0.1) is 4.33 Å². The Kier molecular flexibility index (Phi) is 6.22. The van der Waals surface area contributed by atoms with E-state index in [4.69, 9.17) is 5.26 Å². The highest BCUT2D eigenvalue weighted by Crippen LogP contribution is 2.32. The molecule has 2 atom stereocenters. The highest BCUT2D eigenvalue weighted by molar-refractivity contribution is 7.96. The van der Waals surface area contributed by atoms with Crippen molar-refractivity contribution < 1.29 is 38.0 Å². The second-order valence-corrected chi connectivity index (χ2v) is 4.84. The van der Waals surface area contributed by atoms with Gasteiger partial charge in [-0.3, -0.25) is 0 Å². The van der Waals surface area contributed by atoms with Gasteiger partial charge in [0.25, 0.3) is 0 Å². The fourth-order valence-corrected chi connectivity index (χ4v) is 2.03. The predicted molar refractivity (Wildman–Crippen MR) is 56.3 cm³/mol. The van der Waals surface area contributed by atoms with Crippen molar-refractivity contribution in [2.75, 3.05) is 6.61 Å². The third-order valence-corrected chi connectivity index (χ3v) is 3.12. The number of hydrogen-bond acceptors (Lipinski definition) is 7. The van der Waals surface area contributed by atoms with Crippen LogP contribution in [-0.4, -0.2) is 34.3 Å². The van der Waals surface area contributed by atoms with Gasteiger partial charge in [0.2, 0.25) is 0 Å². The summed E-state index contributed by atoms with van der Waals surface area (Å²) in [6, 6.07) is 0. The summed E-state index contributed by atoms with van der Waals surface area (Å²) in [6.07, 6.45) is 2.14. The van der Waals surface area contributed by atoms with Crippen LogP contribution in [0.4, 0.5) is 8.78 Å². The van der Waals surface area contributed by atoms with Crippen molar-refractivity contribution in [2.45, 2.75) is 37.0 Å². The molecule has 2 N–H and O–H groups in total. The maximum atomic E-state index is 13.0. The number of alkyl halides is 2. The molecule has 0 aliphatic heterocycles. The number of aliphatic hydroxyl groups is 1. The zero-order chi connectivity index (χ0) is 13.6. The molecule has 1 aliphatic carbocycles. The highest BCUT2D eigenvalue weighted by Gasteiger charge is 2.44. The smallest absolute Gasteiger partial charge is 0.415 e. The zero-order valence-electron chi connectivity index (χ0n) is 9.38. The van der Waals surface area contributed by atoms with E-state index in [0.717, 1.165) is 12.8 Å². The number of esters is 1. The Hall–Kier alpha value is -0.480. The molecule has 106 valence electrons. The van der Waals surface area contributed by atoms with Crippen molar-refractivity contribution in [2.24, 2.45) is 5.92 Å². The molecule has 1 rings (SSSR count). The maximum Gasteiger partial charge on any atom is 0.415 e. The third-order valence-electron chi connectivity index (χ3n) is 2.61. The van der Waals surface area contributed by atoms with Crippen molar-refractivity contribution in [3.05, 3.63) is 0 Å². The molecule has 0 aromatic heterocycles. The van der Waals surface area contributed by atoms with Crippen molar-refractivity contribution >= 4 is 18.0 Å². The van der Waals surface area contributed by atoms with Gasteiger partial charge >= 0.3 is 11.2 Å². The molecule has 9 heteroatoms. The Balaban J connectivity index is 2.31. The summed E-state index contributed by atoms with van der Waals surface area (Å²) in [7, 11) is 0. The monoisotopic (exact) mass is 288 g/mol. The molecule has 0 heterocycles. The molecular formula is C9H14F2O6S. The van der Waals surface area contributed by atoms with Crippen LogP contribution in [-0.2, 0) is 18.9 Å². The summed E-state index contributed by atoms with van der Waals surface area (Å²) in [6.45, 7) is -0.175. The summed E-state index contributed by atoms with van der Waals surface area (Å²) >= 11 is -0.656. The molecule has 0 bridgehead atoms. The van der Waals surface area contributed by atoms with Gasteiger partial charge < -0.3 is 9.84 Å². The first-order valence-electron chi connectivity index (χ1n) is 5.34. The van der Waals surface area contributed by atoms with Crippen molar-refractivity contribution in [3.63, 3.8) is 0 Å². The number of halogens is 2. The average molecular weight is 288 g/mol. The Labute approximate surface area is 106 Å². The summed E-state index contributed by atoms with van der Waals surface area (Å²) in [4.78, 5) is 11.0. The minimum atomic E-state index is -3.96. The minimum absolute atomic E-state index is 0.117. The minimum Gasteiger partial charge on any atom is -0.460 e. The molecule has 0 spiro atoms. The van der Waals surface area contributed by atoms with E-state index in [0.29, 0.717) is 12.8 Å². The number of rotatable bonds is 6. The van der Waals surface area contributed by atoms with Crippen molar-refractivity contribution in [1.82, 2.24) is 0 Å². The number of ether oxygens (including phenoxy) is 1. The molecular weight excluding hydrogens is 274 g/mol. The van der Waals surface area contributed by atoms with E-state index >= 15 is 0 Å². The van der Waals surface area contributed by atoms with Gasteiger partial charge in [0.15, 0.2) is 0 Å². The fourth-order valence-electron chi connectivity index (χ4n) is 1.78. The summed E-state index contributed by atoms with van der Waals surface area (Å²) < 4.78 is 33.9. The first-order valence-corrected chi connectivity index (χ1v) is 6.09. The van der Waals surface area contributed by atoms with Crippen LogP contribution in [0, 0.1) is 5.92 Å². The highest BCUT2D eigenvalue weighted by atomic mass is 32.2. The van der Waals surface area contributed by atoms with Crippen LogP contribution in [0.5, 0.6) is 0 Å². The van der Waals surface area contributed by atoms with E-state index in [1.807, 2.05) is 0 Å². The van der Waals surface area contributed by atoms with Gasteiger partial charge in [0.1, 0.15) is 12.0 Å². The lowest BCUT2D eigenvalue weighted by Crippen LogP contribution is -2.31. The largest absolute Gasteiger partial charge is 0.460 e. The molecule has 1 saturated carbocycles.